The number of alkyl carbamates (subject to hydrolysis) is 1. The lowest BCUT2D eigenvalue weighted by Crippen LogP contribution is -2.51. The lowest BCUT2D eigenvalue weighted by molar-refractivity contribution is -0.127. The maximum absolute atomic E-state index is 13.2. The SMILES string of the molecule is CC(C)C[C@H](NC(=O)OCC1CCC(F)(F)CC1)C(=O)N[C@H](C=O)C[C@H]1CCNC1=O. The van der Waals surface area contributed by atoms with Gasteiger partial charge in [-0.1, -0.05) is 13.8 Å². The molecule has 10 heteroatoms. The van der Waals surface area contributed by atoms with Gasteiger partial charge in [0.25, 0.3) is 0 Å². The number of hydrogen-bond donors (Lipinski definition) is 3. The van der Waals surface area contributed by atoms with Crippen LogP contribution in [0.4, 0.5) is 13.6 Å². The molecule has 0 radical (unpaired) electrons. The third kappa shape index (κ3) is 8.41. The summed E-state index contributed by atoms with van der Waals surface area (Å²) in [4.78, 5) is 48.0. The molecule has 0 spiro atoms. The number of carbonyl (C=O) groups is 4. The van der Waals surface area contributed by atoms with Gasteiger partial charge in [-0.25, -0.2) is 13.6 Å². The number of halogens is 2. The van der Waals surface area contributed by atoms with E-state index in [0.717, 1.165) is 0 Å². The topological polar surface area (TPSA) is 114 Å². The van der Waals surface area contributed by atoms with Gasteiger partial charge in [0, 0.05) is 25.3 Å². The Kier molecular flexibility index (Phi) is 9.18. The Bertz CT molecular complexity index is 649. The molecule has 1 saturated carbocycles. The third-order valence-electron chi connectivity index (χ3n) is 5.80. The monoisotopic (exact) mass is 445 g/mol. The van der Waals surface area contributed by atoms with Crippen LogP contribution in [0.1, 0.15) is 58.8 Å². The van der Waals surface area contributed by atoms with E-state index in [4.69, 9.17) is 4.74 Å². The van der Waals surface area contributed by atoms with E-state index in [9.17, 15) is 28.0 Å². The fourth-order valence-corrected chi connectivity index (χ4v) is 3.96. The van der Waals surface area contributed by atoms with E-state index >= 15 is 0 Å². The number of ether oxygens (including phenoxy) is 1. The highest BCUT2D eigenvalue weighted by Gasteiger charge is 2.35. The lowest BCUT2D eigenvalue weighted by Gasteiger charge is -2.28. The largest absolute Gasteiger partial charge is 0.449 e. The highest BCUT2D eigenvalue weighted by atomic mass is 19.3. The van der Waals surface area contributed by atoms with Gasteiger partial charge in [-0.15, -0.1) is 0 Å². The van der Waals surface area contributed by atoms with Crippen molar-refractivity contribution in [2.75, 3.05) is 13.2 Å². The van der Waals surface area contributed by atoms with Gasteiger partial charge in [-0.2, -0.15) is 0 Å². The maximum atomic E-state index is 13.2. The zero-order valence-electron chi connectivity index (χ0n) is 18.1. The molecule has 3 N–H and O–H groups in total. The molecule has 2 aliphatic rings. The van der Waals surface area contributed by atoms with Gasteiger partial charge in [0.2, 0.25) is 17.7 Å². The van der Waals surface area contributed by atoms with E-state index in [0.29, 0.717) is 25.7 Å². The molecule has 1 aliphatic carbocycles. The fourth-order valence-electron chi connectivity index (χ4n) is 3.96. The first-order chi connectivity index (χ1) is 14.6. The van der Waals surface area contributed by atoms with Crippen molar-refractivity contribution in [1.82, 2.24) is 16.0 Å². The Balaban J connectivity index is 1.84. The second-order valence-electron chi connectivity index (χ2n) is 8.99. The number of amides is 3. The second kappa shape index (κ2) is 11.4. The Morgan fingerprint density at radius 3 is 2.45 bits per heavy atom. The molecule has 1 heterocycles. The summed E-state index contributed by atoms with van der Waals surface area (Å²) in [6.45, 7) is 4.34. The van der Waals surface area contributed by atoms with Crippen molar-refractivity contribution in [2.45, 2.75) is 76.8 Å². The first kappa shape index (κ1) is 25.0. The molecule has 31 heavy (non-hydrogen) atoms. The lowest BCUT2D eigenvalue weighted by atomic mass is 9.87. The smallest absolute Gasteiger partial charge is 0.407 e. The van der Waals surface area contributed by atoms with E-state index < -0.39 is 30.0 Å². The summed E-state index contributed by atoms with van der Waals surface area (Å²) in [6, 6.07) is -1.75. The minimum atomic E-state index is -2.65. The molecular formula is C21H33F2N3O5. The zero-order chi connectivity index (χ0) is 23.0. The molecule has 0 aromatic rings. The van der Waals surface area contributed by atoms with Gasteiger partial charge in [-0.05, 0) is 43.9 Å². The van der Waals surface area contributed by atoms with Crippen LogP contribution in [-0.2, 0) is 19.1 Å². The standard InChI is InChI=1S/C21H33F2N3O5/c1-13(2)9-17(19(29)25-16(11-27)10-15-5-8-24-18(15)28)26-20(30)31-12-14-3-6-21(22,23)7-4-14/h11,13-17H,3-10,12H2,1-2H3,(H,24,28)(H,25,29)(H,26,30)/t15-,16+,17+/m1/s1. The van der Waals surface area contributed by atoms with Crippen LogP contribution in [0.5, 0.6) is 0 Å². The van der Waals surface area contributed by atoms with Crippen LogP contribution in [-0.4, -0.2) is 55.4 Å². The van der Waals surface area contributed by atoms with Crippen molar-refractivity contribution >= 4 is 24.2 Å². The van der Waals surface area contributed by atoms with E-state index in [1.54, 1.807) is 0 Å². The van der Waals surface area contributed by atoms with E-state index in [-0.39, 0.29) is 62.4 Å². The molecule has 8 nitrogen and oxygen atoms in total. The van der Waals surface area contributed by atoms with Crippen LogP contribution in [0.25, 0.3) is 0 Å². The minimum Gasteiger partial charge on any atom is -0.449 e. The van der Waals surface area contributed by atoms with Gasteiger partial charge >= 0.3 is 6.09 Å². The number of hydrogen-bond acceptors (Lipinski definition) is 5. The molecule has 2 fully saturated rings. The summed E-state index contributed by atoms with van der Waals surface area (Å²) in [5.74, 6) is -3.69. The van der Waals surface area contributed by atoms with Gasteiger partial charge < -0.3 is 25.5 Å². The predicted octanol–water partition coefficient (Wildman–Crippen LogP) is 2.16. The summed E-state index contributed by atoms with van der Waals surface area (Å²) in [7, 11) is 0. The van der Waals surface area contributed by atoms with Crippen molar-refractivity contribution in [3.63, 3.8) is 0 Å². The first-order valence-corrected chi connectivity index (χ1v) is 10.9. The highest BCUT2D eigenvalue weighted by Crippen LogP contribution is 2.36. The molecule has 1 aliphatic heterocycles. The van der Waals surface area contributed by atoms with Crippen molar-refractivity contribution in [1.29, 1.82) is 0 Å². The van der Waals surface area contributed by atoms with Gasteiger partial charge in [0.1, 0.15) is 12.3 Å². The molecule has 0 aromatic carbocycles. The molecule has 0 unspecified atom stereocenters. The molecule has 1 saturated heterocycles. The van der Waals surface area contributed by atoms with Crippen molar-refractivity contribution in [2.24, 2.45) is 17.8 Å². The van der Waals surface area contributed by atoms with Crippen molar-refractivity contribution in [3.05, 3.63) is 0 Å². The average molecular weight is 446 g/mol. The van der Waals surface area contributed by atoms with Crippen molar-refractivity contribution in [3.8, 4) is 0 Å². The molecule has 3 amide bonds. The van der Waals surface area contributed by atoms with E-state index in [1.165, 1.54) is 0 Å². The van der Waals surface area contributed by atoms with Gasteiger partial charge in [0.15, 0.2) is 0 Å². The Hall–Kier alpha value is -2.26. The van der Waals surface area contributed by atoms with Crippen LogP contribution < -0.4 is 16.0 Å². The third-order valence-corrected chi connectivity index (χ3v) is 5.80. The van der Waals surface area contributed by atoms with Crippen LogP contribution in [0.2, 0.25) is 0 Å². The Labute approximate surface area is 181 Å². The summed E-state index contributed by atoms with van der Waals surface area (Å²) in [6.07, 6.45) is 1.06. The number of rotatable bonds is 10. The zero-order valence-corrected chi connectivity index (χ0v) is 18.1. The molecule has 3 atom stereocenters. The van der Waals surface area contributed by atoms with Crippen LogP contribution >= 0.6 is 0 Å². The Morgan fingerprint density at radius 2 is 1.90 bits per heavy atom. The summed E-state index contributed by atoms with van der Waals surface area (Å²) in [5.41, 5.74) is 0. The number of aldehydes is 1. The van der Waals surface area contributed by atoms with Crippen LogP contribution in [0, 0.1) is 17.8 Å². The average Bonchev–Trinajstić information content (AvgIpc) is 3.10. The van der Waals surface area contributed by atoms with E-state index in [2.05, 4.69) is 16.0 Å². The molecule has 176 valence electrons. The van der Waals surface area contributed by atoms with Gasteiger partial charge in [-0.3, -0.25) is 9.59 Å². The predicted molar refractivity (Wildman–Crippen MR) is 108 cm³/mol. The minimum absolute atomic E-state index is 0.0195. The highest BCUT2D eigenvalue weighted by molar-refractivity contribution is 5.88. The normalized spacial score (nSPS) is 23.0. The molecule has 0 aromatic heterocycles. The van der Waals surface area contributed by atoms with Gasteiger partial charge in [0.05, 0.1) is 12.6 Å². The summed E-state index contributed by atoms with van der Waals surface area (Å²) >= 11 is 0. The molecule has 2 rings (SSSR count). The maximum Gasteiger partial charge on any atom is 0.407 e. The van der Waals surface area contributed by atoms with Crippen LogP contribution in [0.15, 0.2) is 0 Å². The van der Waals surface area contributed by atoms with E-state index in [1.807, 2.05) is 13.8 Å². The Morgan fingerprint density at radius 1 is 1.23 bits per heavy atom. The summed E-state index contributed by atoms with van der Waals surface area (Å²) in [5, 5.41) is 7.81. The molecular weight excluding hydrogens is 412 g/mol. The quantitative estimate of drug-likeness (QED) is 0.446. The van der Waals surface area contributed by atoms with Crippen molar-refractivity contribution < 1.29 is 32.7 Å². The first-order valence-electron chi connectivity index (χ1n) is 10.9. The number of alkyl halides is 2. The number of carbonyl (C=O) groups excluding carboxylic acids is 4. The molecule has 0 bridgehead atoms. The summed E-state index contributed by atoms with van der Waals surface area (Å²) < 4.78 is 31.6. The number of nitrogens with one attached hydrogen (secondary N) is 3. The fraction of sp³-hybridized carbons (Fsp3) is 0.810. The van der Waals surface area contributed by atoms with Crippen LogP contribution in [0.3, 0.4) is 0 Å². The second-order valence-corrected chi connectivity index (χ2v) is 8.99.